The van der Waals surface area contributed by atoms with Crippen LogP contribution in [0.4, 0.5) is 0 Å². The van der Waals surface area contributed by atoms with E-state index in [1.807, 2.05) is 6.92 Å². The number of nitrogens with two attached hydrogens (primary N) is 1. The molecule has 0 aromatic heterocycles. The molecule has 2 aliphatic rings. The Morgan fingerprint density at radius 2 is 2.06 bits per heavy atom. The van der Waals surface area contributed by atoms with E-state index in [-0.39, 0.29) is 5.91 Å². The third-order valence-electron chi connectivity index (χ3n) is 4.35. The van der Waals surface area contributed by atoms with Crippen molar-refractivity contribution in [3.63, 3.8) is 0 Å². The van der Waals surface area contributed by atoms with Gasteiger partial charge in [-0.05, 0) is 46.1 Å². The molecule has 0 spiro atoms. The van der Waals surface area contributed by atoms with E-state index in [0.29, 0.717) is 12.1 Å². The minimum absolute atomic E-state index is 0.217. The van der Waals surface area contributed by atoms with Crippen LogP contribution in [-0.4, -0.2) is 41.5 Å². The quantitative estimate of drug-likeness (QED) is 0.775. The summed E-state index contributed by atoms with van der Waals surface area (Å²) >= 11 is 0. The predicted octanol–water partition coefficient (Wildman–Crippen LogP) is 1.25. The number of nitrogens with one attached hydrogen (secondary N) is 1. The first-order chi connectivity index (χ1) is 8.51. The monoisotopic (exact) mass is 253 g/mol. The zero-order valence-electron chi connectivity index (χ0n) is 11.7. The number of nitrogens with zero attached hydrogens (tertiary/aromatic N) is 1. The second kappa shape index (κ2) is 5.57. The minimum atomic E-state index is -0.570. The lowest BCUT2D eigenvalue weighted by Crippen LogP contribution is -2.61. The first-order valence-corrected chi connectivity index (χ1v) is 7.33. The normalized spacial score (nSPS) is 29.6. The molecular weight excluding hydrogens is 226 g/mol. The van der Waals surface area contributed by atoms with Crippen LogP contribution in [0.2, 0.25) is 0 Å². The molecule has 1 heterocycles. The van der Waals surface area contributed by atoms with Crippen molar-refractivity contribution in [2.24, 2.45) is 5.73 Å². The fourth-order valence-corrected chi connectivity index (χ4v) is 2.85. The Morgan fingerprint density at radius 3 is 2.67 bits per heavy atom. The summed E-state index contributed by atoms with van der Waals surface area (Å²) in [7, 11) is 0. The average Bonchev–Trinajstić information content (AvgIpc) is 3.10. The van der Waals surface area contributed by atoms with Crippen molar-refractivity contribution in [3.05, 3.63) is 0 Å². The van der Waals surface area contributed by atoms with Gasteiger partial charge in [0.25, 0.3) is 0 Å². The third kappa shape index (κ3) is 3.45. The van der Waals surface area contributed by atoms with Gasteiger partial charge in [0.2, 0.25) is 5.91 Å². The number of rotatable bonds is 5. The summed E-state index contributed by atoms with van der Waals surface area (Å²) in [6.07, 6.45) is 7.45. The van der Waals surface area contributed by atoms with Crippen molar-refractivity contribution < 1.29 is 4.79 Å². The van der Waals surface area contributed by atoms with Crippen LogP contribution in [0, 0.1) is 0 Å². The fourth-order valence-electron chi connectivity index (χ4n) is 2.85. The van der Waals surface area contributed by atoms with Gasteiger partial charge < -0.3 is 5.73 Å². The summed E-state index contributed by atoms with van der Waals surface area (Å²) in [4.78, 5) is 14.2. The number of hydrogen-bond acceptors (Lipinski definition) is 3. The first-order valence-electron chi connectivity index (χ1n) is 7.33. The van der Waals surface area contributed by atoms with Crippen LogP contribution in [0.25, 0.3) is 0 Å². The van der Waals surface area contributed by atoms with Gasteiger partial charge in [0.1, 0.15) is 5.54 Å². The summed E-state index contributed by atoms with van der Waals surface area (Å²) in [5.74, 6) is -0.217. The Hall–Kier alpha value is -0.610. The van der Waals surface area contributed by atoms with E-state index in [2.05, 4.69) is 17.1 Å². The van der Waals surface area contributed by atoms with Gasteiger partial charge in [-0.25, -0.2) is 0 Å². The Balaban J connectivity index is 1.99. The smallest absolute Gasteiger partial charge is 0.238 e. The highest BCUT2D eigenvalue weighted by Crippen LogP contribution is 2.24. The van der Waals surface area contributed by atoms with Gasteiger partial charge in [-0.15, -0.1) is 0 Å². The molecule has 4 heteroatoms. The van der Waals surface area contributed by atoms with Crippen LogP contribution >= 0.6 is 0 Å². The molecule has 104 valence electrons. The standard InChI is InChI=1S/C14H27N3O/c1-11-6-4-3-5-9-17(11)10-14(2,13(15)18)16-12-7-8-12/h11-12,16H,3-10H2,1-2H3,(H2,15,18). The fraction of sp³-hybridized carbons (Fsp3) is 0.929. The van der Waals surface area contributed by atoms with Crippen LogP contribution < -0.4 is 11.1 Å². The molecule has 0 aromatic rings. The van der Waals surface area contributed by atoms with Crippen molar-refractivity contribution in [2.45, 2.75) is 70.0 Å². The van der Waals surface area contributed by atoms with E-state index in [1.165, 1.54) is 38.5 Å². The molecule has 0 aromatic carbocycles. The molecule has 2 atom stereocenters. The highest BCUT2D eigenvalue weighted by molar-refractivity contribution is 5.84. The molecule has 2 rings (SSSR count). The number of carbonyl (C=O) groups excluding carboxylic acids is 1. The molecule has 0 bridgehead atoms. The summed E-state index contributed by atoms with van der Waals surface area (Å²) in [5.41, 5.74) is 5.05. The molecule has 1 saturated heterocycles. The lowest BCUT2D eigenvalue weighted by Gasteiger charge is -2.36. The summed E-state index contributed by atoms with van der Waals surface area (Å²) in [6, 6.07) is 1.07. The zero-order chi connectivity index (χ0) is 13.2. The van der Waals surface area contributed by atoms with Crippen LogP contribution in [0.5, 0.6) is 0 Å². The summed E-state index contributed by atoms with van der Waals surface area (Å²) in [5, 5.41) is 3.44. The zero-order valence-corrected chi connectivity index (χ0v) is 11.7. The van der Waals surface area contributed by atoms with E-state index >= 15 is 0 Å². The number of hydrogen-bond donors (Lipinski definition) is 2. The molecule has 1 amide bonds. The second-order valence-electron chi connectivity index (χ2n) is 6.28. The van der Waals surface area contributed by atoms with Crippen molar-refractivity contribution in [2.75, 3.05) is 13.1 Å². The maximum absolute atomic E-state index is 11.8. The van der Waals surface area contributed by atoms with Gasteiger partial charge in [0.15, 0.2) is 0 Å². The molecule has 1 saturated carbocycles. The van der Waals surface area contributed by atoms with Crippen molar-refractivity contribution in [3.8, 4) is 0 Å². The molecule has 2 unspecified atom stereocenters. The van der Waals surface area contributed by atoms with E-state index in [1.54, 1.807) is 0 Å². The number of primary amides is 1. The van der Waals surface area contributed by atoms with E-state index in [9.17, 15) is 4.79 Å². The molecule has 1 aliphatic carbocycles. The largest absolute Gasteiger partial charge is 0.368 e. The first kappa shape index (κ1) is 13.8. The second-order valence-corrected chi connectivity index (χ2v) is 6.28. The van der Waals surface area contributed by atoms with Crippen LogP contribution in [0.15, 0.2) is 0 Å². The molecule has 0 radical (unpaired) electrons. The van der Waals surface area contributed by atoms with Crippen LogP contribution in [-0.2, 0) is 4.79 Å². The summed E-state index contributed by atoms with van der Waals surface area (Å²) < 4.78 is 0. The molecule has 18 heavy (non-hydrogen) atoms. The maximum Gasteiger partial charge on any atom is 0.238 e. The Labute approximate surface area is 110 Å². The number of likely N-dealkylation sites (tertiary alicyclic amines) is 1. The van der Waals surface area contributed by atoms with Crippen molar-refractivity contribution >= 4 is 5.91 Å². The lowest BCUT2D eigenvalue weighted by molar-refractivity contribution is -0.124. The maximum atomic E-state index is 11.8. The number of amides is 1. The summed E-state index contributed by atoms with van der Waals surface area (Å²) in [6.45, 7) is 6.07. The Morgan fingerprint density at radius 1 is 1.33 bits per heavy atom. The lowest BCUT2D eigenvalue weighted by atomic mass is 9.99. The van der Waals surface area contributed by atoms with Gasteiger partial charge in [-0.1, -0.05) is 12.8 Å². The topological polar surface area (TPSA) is 58.4 Å². The van der Waals surface area contributed by atoms with Crippen LogP contribution in [0.3, 0.4) is 0 Å². The number of carbonyl (C=O) groups is 1. The van der Waals surface area contributed by atoms with Gasteiger partial charge in [0, 0.05) is 18.6 Å². The highest BCUT2D eigenvalue weighted by Gasteiger charge is 2.39. The van der Waals surface area contributed by atoms with Crippen molar-refractivity contribution in [1.29, 1.82) is 0 Å². The van der Waals surface area contributed by atoms with Crippen LogP contribution in [0.1, 0.15) is 52.4 Å². The van der Waals surface area contributed by atoms with Gasteiger partial charge in [-0.3, -0.25) is 15.0 Å². The van der Waals surface area contributed by atoms with E-state index in [0.717, 1.165) is 13.1 Å². The SMILES string of the molecule is CC1CCCCCN1CC(C)(NC1CC1)C(N)=O. The highest BCUT2D eigenvalue weighted by atomic mass is 16.1. The van der Waals surface area contributed by atoms with E-state index in [4.69, 9.17) is 5.73 Å². The molecule has 1 aliphatic heterocycles. The molecule has 4 nitrogen and oxygen atoms in total. The molecule has 2 fully saturated rings. The van der Waals surface area contributed by atoms with Gasteiger partial charge in [-0.2, -0.15) is 0 Å². The average molecular weight is 253 g/mol. The van der Waals surface area contributed by atoms with Crippen molar-refractivity contribution in [1.82, 2.24) is 10.2 Å². The molecular formula is C14H27N3O. The minimum Gasteiger partial charge on any atom is -0.368 e. The third-order valence-corrected chi connectivity index (χ3v) is 4.35. The van der Waals surface area contributed by atoms with Gasteiger partial charge in [0.05, 0.1) is 0 Å². The van der Waals surface area contributed by atoms with E-state index < -0.39 is 5.54 Å². The molecule has 3 N–H and O–H groups in total. The van der Waals surface area contributed by atoms with Gasteiger partial charge >= 0.3 is 0 Å². The Kier molecular flexibility index (Phi) is 4.28. The predicted molar refractivity (Wildman–Crippen MR) is 73.3 cm³/mol. The Bertz CT molecular complexity index is 303.